The first kappa shape index (κ1) is 14.3. The normalized spacial score (nSPS) is 19.4. The Hall–Kier alpha value is -1.11. The van der Waals surface area contributed by atoms with E-state index in [1.807, 2.05) is 24.0 Å². The quantitative estimate of drug-likeness (QED) is 0.867. The van der Waals surface area contributed by atoms with Gasteiger partial charge in [-0.15, -0.1) is 0 Å². The van der Waals surface area contributed by atoms with Crippen LogP contribution in [0.15, 0.2) is 29.2 Å². The van der Waals surface area contributed by atoms with E-state index < -0.39 is 15.6 Å². The summed E-state index contributed by atoms with van der Waals surface area (Å²) in [7, 11) is -2.05. The van der Waals surface area contributed by atoms with Crippen molar-refractivity contribution in [1.82, 2.24) is 4.72 Å². The molecule has 1 aliphatic heterocycles. The summed E-state index contributed by atoms with van der Waals surface area (Å²) in [6.45, 7) is 3.13. The monoisotopic (exact) mass is 284 g/mol. The first-order valence-corrected chi connectivity index (χ1v) is 7.84. The van der Waals surface area contributed by atoms with Crippen LogP contribution in [-0.2, 0) is 10.0 Å². The SMILES string of the molecule is CNS(=O)(=O)c1ccccc1N1CCC(C)(O)CC1. The van der Waals surface area contributed by atoms with Crippen molar-refractivity contribution in [3.8, 4) is 0 Å². The summed E-state index contributed by atoms with van der Waals surface area (Å²) in [5, 5.41) is 9.96. The highest BCUT2D eigenvalue weighted by Gasteiger charge is 2.29. The number of benzene rings is 1. The minimum atomic E-state index is -3.46. The molecule has 0 aromatic heterocycles. The van der Waals surface area contributed by atoms with Crippen molar-refractivity contribution < 1.29 is 13.5 Å². The van der Waals surface area contributed by atoms with E-state index in [-0.39, 0.29) is 0 Å². The summed E-state index contributed by atoms with van der Waals surface area (Å²) in [4.78, 5) is 2.31. The molecule has 5 nitrogen and oxygen atoms in total. The van der Waals surface area contributed by atoms with E-state index in [0.29, 0.717) is 36.5 Å². The molecular weight excluding hydrogens is 264 g/mol. The number of hydrogen-bond donors (Lipinski definition) is 2. The van der Waals surface area contributed by atoms with Gasteiger partial charge in [-0.05, 0) is 38.9 Å². The van der Waals surface area contributed by atoms with Crippen LogP contribution < -0.4 is 9.62 Å². The second-order valence-corrected chi connectivity index (χ2v) is 7.01. The van der Waals surface area contributed by atoms with E-state index in [9.17, 15) is 13.5 Å². The molecule has 1 fully saturated rings. The fourth-order valence-corrected chi connectivity index (χ4v) is 3.24. The smallest absolute Gasteiger partial charge is 0.242 e. The summed E-state index contributed by atoms with van der Waals surface area (Å²) < 4.78 is 26.4. The van der Waals surface area contributed by atoms with Crippen molar-refractivity contribution in [2.45, 2.75) is 30.3 Å². The number of rotatable bonds is 3. The molecule has 1 aromatic rings. The lowest BCUT2D eigenvalue weighted by molar-refractivity contribution is 0.0350. The highest BCUT2D eigenvalue weighted by atomic mass is 32.2. The highest BCUT2D eigenvalue weighted by Crippen LogP contribution is 2.30. The molecule has 6 heteroatoms. The zero-order valence-corrected chi connectivity index (χ0v) is 12.1. The Kier molecular flexibility index (Phi) is 3.85. The standard InChI is InChI=1S/C13H20N2O3S/c1-13(16)7-9-15(10-8-13)11-5-3-4-6-12(11)19(17,18)14-2/h3-6,14,16H,7-10H2,1-2H3. The zero-order chi connectivity index (χ0) is 14.1. The molecule has 1 aliphatic rings. The third-order valence-electron chi connectivity index (χ3n) is 3.60. The average Bonchev–Trinajstić information content (AvgIpc) is 2.39. The number of anilines is 1. The van der Waals surface area contributed by atoms with Gasteiger partial charge in [0, 0.05) is 13.1 Å². The van der Waals surface area contributed by atoms with Crippen LogP contribution in [0.25, 0.3) is 0 Å². The van der Waals surface area contributed by atoms with E-state index in [1.165, 1.54) is 7.05 Å². The minimum Gasteiger partial charge on any atom is -0.390 e. The van der Waals surface area contributed by atoms with Crippen LogP contribution in [0, 0.1) is 0 Å². The lowest BCUT2D eigenvalue weighted by Crippen LogP contribution is -2.43. The molecule has 1 aromatic carbocycles. The van der Waals surface area contributed by atoms with Gasteiger partial charge >= 0.3 is 0 Å². The molecule has 0 saturated carbocycles. The number of nitrogens with zero attached hydrogens (tertiary/aromatic N) is 1. The van der Waals surface area contributed by atoms with E-state index in [1.54, 1.807) is 12.1 Å². The Morgan fingerprint density at radius 2 is 1.84 bits per heavy atom. The molecule has 19 heavy (non-hydrogen) atoms. The summed E-state index contributed by atoms with van der Waals surface area (Å²) >= 11 is 0. The number of hydrogen-bond acceptors (Lipinski definition) is 4. The topological polar surface area (TPSA) is 69.6 Å². The van der Waals surface area contributed by atoms with Gasteiger partial charge in [-0.25, -0.2) is 13.1 Å². The fraction of sp³-hybridized carbons (Fsp3) is 0.538. The van der Waals surface area contributed by atoms with E-state index >= 15 is 0 Å². The van der Waals surface area contributed by atoms with Crippen LogP contribution in [0.4, 0.5) is 5.69 Å². The number of piperidine rings is 1. The number of sulfonamides is 1. The van der Waals surface area contributed by atoms with Crippen molar-refractivity contribution in [2.24, 2.45) is 0 Å². The molecule has 1 heterocycles. The van der Waals surface area contributed by atoms with Crippen LogP contribution >= 0.6 is 0 Å². The summed E-state index contributed by atoms with van der Waals surface area (Å²) in [6.07, 6.45) is 1.28. The lowest BCUT2D eigenvalue weighted by atomic mass is 9.93. The Labute approximate surface area is 114 Å². The van der Waals surface area contributed by atoms with Crippen LogP contribution in [0.5, 0.6) is 0 Å². The van der Waals surface area contributed by atoms with Gasteiger partial charge in [0.2, 0.25) is 10.0 Å². The summed E-state index contributed by atoms with van der Waals surface area (Å²) in [5.74, 6) is 0. The van der Waals surface area contributed by atoms with E-state index in [2.05, 4.69) is 4.72 Å². The van der Waals surface area contributed by atoms with Gasteiger partial charge in [-0.1, -0.05) is 12.1 Å². The zero-order valence-electron chi connectivity index (χ0n) is 11.3. The van der Waals surface area contributed by atoms with Crippen molar-refractivity contribution in [1.29, 1.82) is 0 Å². The van der Waals surface area contributed by atoms with Crippen LogP contribution in [-0.4, -0.2) is 39.3 Å². The van der Waals surface area contributed by atoms with Gasteiger partial charge in [0.1, 0.15) is 4.90 Å². The molecule has 2 rings (SSSR count). The fourth-order valence-electron chi connectivity index (χ4n) is 2.28. The van der Waals surface area contributed by atoms with Crippen LogP contribution in [0.2, 0.25) is 0 Å². The molecule has 0 spiro atoms. The first-order chi connectivity index (χ1) is 8.86. The Morgan fingerprint density at radius 3 is 2.42 bits per heavy atom. The summed E-state index contributed by atoms with van der Waals surface area (Å²) in [5.41, 5.74) is 0.0557. The molecular formula is C13H20N2O3S. The van der Waals surface area contributed by atoms with Crippen LogP contribution in [0.1, 0.15) is 19.8 Å². The maximum absolute atomic E-state index is 12.0. The highest BCUT2D eigenvalue weighted by molar-refractivity contribution is 7.89. The molecule has 0 unspecified atom stereocenters. The molecule has 0 atom stereocenters. The molecule has 0 amide bonds. The maximum atomic E-state index is 12.0. The molecule has 0 bridgehead atoms. The van der Waals surface area contributed by atoms with Crippen molar-refractivity contribution >= 4 is 15.7 Å². The molecule has 0 radical (unpaired) electrons. The van der Waals surface area contributed by atoms with Gasteiger partial charge in [-0.3, -0.25) is 0 Å². The number of para-hydroxylation sites is 1. The number of nitrogens with one attached hydrogen (secondary N) is 1. The third-order valence-corrected chi connectivity index (χ3v) is 5.07. The van der Waals surface area contributed by atoms with Gasteiger partial charge in [0.15, 0.2) is 0 Å². The van der Waals surface area contributed by atoms with Gasteiger partial charge in [-0.2, -0.15) is 0 Å². The molecule has 2 N–H and O–H groups in total. The Bertz CT molecular complexity index is 545. The lowest BCUT2D eigenvalue weighted by Gasteiger charge is -2.37. The molecule has 1 saturated heterocycles. The van der Waals surface area contributed by atoms with Crippen molar-refractivity contribution in [3.05, 3.63) is 24.3 Å². The number of aliphatic hydroxyl groups is 1. The second kappa shape index (κ2) is 5.11. The van der Waals surface area contributed by atoms with Gasteiger partial charge < -0.3 is 10.0 Å². The van der Waals surface area contributed by atoms with E-state index in [0.717, 1.165) is 0 Å². The van der Waals surface area contributed by atoms with Crippen LogP contribution in [0.3, 0.4) is 0 Å². The second-order valence-electron chi connectivity index (χ2n) is 5.16. The first-order valence-electron chi connectivity index (χ1n) is 6.36. The molecule has 0 aliphatic carbocycles. The van der Waals surface area contributed by atoms with Gasteiger partial charge in [0.25, 0.3) is 0 Å². The summed E-state index contributed by atoms with van der Waals surface area (Å²) in [6, 6.07) is 6.96. The van der Waals surface area contributed by atoms with Crippen molar-refractivity contribution in [2.75, 3.05) is 25.0 Å². The maximum Gasteiger partial charge on any atom is 0.242 e. The van der Waals surface area contributed by atoms with Gasteiger partial charge in [0.05, 0.1) is 11.3 Å². The van der Waals surface area contributed by atoms with Crippen molar-refractivity contribution in [3.63, 3.8) is 0 Å². The minimum absolute atomic E-state index is 0.291. The average molecular weight is 284 g/mol. The largest absolute Gasteiger partial charge is 0.390 e. The predicted octanol–water partition coefficient (Wildman–Crippen LogP) is 0.946. The van der Waals surface area contributed by atoms with E-state index in [4.69, 9.17) is 0 Å². The third kappa shape index (κ3) is 3.08. The Morgan fingerprint density at radius 1 is 1.26 bits per heavy atom. The molecule has 106 valence electrons. The predicted molar refractivity (Wildman–Crippen MR) is 74.8 cm³/mol. The Balaban J connectivity index is 2.32.